The summed E-state index contributed by atoms with van der Waals surface area (Å²) in [5.41, 5.74) is 6.50. The van der Waals surface area contributed by atoms with Gasteiger partial charge < -0.3 is 11.1 Å². The number of nitrogens with one attached hydrogen (secondary N) is 1. The molecule has 3 atom stereocenters. The van der Waals surface area contributed by atoms with Crippen molar-refractivity contribution in [3.8, 4) is 0 Å². The van der Waals surface area contributed by atoms with E-state index < -0.39 is 6.43 Å². The van der Waals surface area contributed by atoms with Crippen LogP contribution < -0.4 is 11.1 Å². The number of benzene rings is 1. The highest BCUT2D eigenvalue weighted by atomic mass is 19.3. The number of hydrogen-bond acceptors (Lipinski definition) is 2. The van der Waals surface area contributed by atoms with Crippen molar-refractivity contribution in [2.75, 3.05) is 11.1 Å². The van der Waals surface area contributed by atoms with Gasteiger partial charge in [0.05, 0.1) is 0 Å². The predicted molar refractivity (Wildman–Crippen MR) is 75.4 cm³/mol. The molecule has 1 aliphatic rings. The van der Waals surface area contributed by atoms with Crippen molar-refractivity contribution in [3.05, 3.63) is 23.8 Å². The molecular formula is C15H22F2N2. The molecule has 0 bridgehead atoms. The fraction of sp³-hybridized carbons (Fsp3) is 0.600. The molecule has 0 saturated heterocycles. The van der Waals surface area contributed by atoms with Gasteiger partial charge in [0, 0.05) is 23.0 Å². The second-order valence-corrected chi connectivity index (χ2v) is 5.67. The van der Waals surface area contributed by atoms with Gasteiger partial charge in [0.1, 0.15) is 0 Å². The van der Waals surface area contributed by atoms with Crippen LogP contribution in [0.5, 0.6) is 0 Å². The van der Waals surface area contributed by atoms with Gasteiger partial charge in [-0.15, -0.1) is 0 Å². The number of nitrogens with two attached hydrogens (primary N) is 1. The summed E-state index contributed by atoms with van der Waals surface area (Å²) >= 11 is 0. The molecule has 3 N–H and O–H groups in total. The summed E-state index contributed by atoms with van der Waals surface area (Å²) in [7, 11) is 0. The summed E-state index contributed by atoms with van der Waals surface area (Å²) in [5.74, 6) is 1.13. The van der Waals surface area contributed by atoms with Gasteiger partial charge in [-0.2, -0.15) is 0 Å². The lowest BCUT2D eigenvalue weighted by molar-refractivity contribution is 0.152. The van der Waals surface area contributed by atoms with Gasteiger partial charge in [0.15, 0.2) is 0 Å². The summed E-state index contributed by atoms with van der Waals surface area (Å²) in [4.78, 5) is 0. The van der Waals surface area contributed by atoms with Crippen LogP contribution in [0, 0.1) is 11.8 Å². The van der Waals surface area contributed by atoms with E-state index in [1.165, 1.54) is 12.5 Å². The van der Waals surface area contributed by atoms with Gasteiger partial charge in [0.25, 0.3) is 6.43 Å². The van der Waals surface area contributed by atoms with Crippen molar-refractivity contribution in [3.63, 3.8) is 0 Å². The summed E-state index contributed by atoms with van der Waals surface area (Å²) in [6.07, 6.45) is 0.922. The Hall–Kier alpha value is -1.32. The van der Waals surface area contributed by atoms with Crippen LogP contribution in [-0.2, 0) is 0 Å². The first-order valence-corrected chi connectivity index (χ1v) is 6.93. The van der Waals surface area contributed by atoms with E-state index in [1.807, 2.05) is 0 Å². The molecule has 0 amide bonds. The van der Waals surface area contributed by atoms with Gasteiger partial charge in [-0.3, -0.25) is 0 Å². The number of alkyl halides is 2. The van der Waals surface area contributed by atoms with E-state index in [0.29, 0.717) is 23.2 Å². The molecule has 0 aliphatic heterocycles. The van der Waals surface area contributed by atoms with Crippen LogP contribution in [0.2, 0.25) is 0 Å². The molecule has 2 nitrogen and oxygen atoms in total. The average molecular weight is 268 g/mol. The normalized spacial score (nSPS) is 27.5. The number of anilines is 2. The molecule has 106 valence electrons. The van der Waals surface area contributed by atoms with Crippen LogP contribution in [0.3, 0.4) is 0 Å². The summed E-state index contributed by atoms with van der Waals surface area (Å²) < 4.78 is 26.1. The third kappa shape index (κ3) is 3.17. The smallest absolute Gasteiger partial charge is 0.265 e. The average Bonchev–Trinajstić information content (AvgIpc) is 2.36. The third-order valence-corrected chi connectivity index (χ3v) is 4.36. The third-order valence-electron chi connectivity index (χ3n) is 4.36. The summed E-state index contributed by atoms with van der Waals surface area (Å²) in [6, 6.07) is 4.97. The maximum absolute atomic E-state index is 13.0. The Kier molecular flexibility index (Phi) is 4.27. The van der Waals surface area contributed by atoms with Crippen LogP contribution in [-0.4, -0.2) is 6.04 Å². The highest BCUT2D eigenvalue weighted by molar-refractivity contribution is 5.59. The molecular weight excluding hydrogens is 246 g/mol. The molecule has 0 spiro atoms. The maximum Gasteiger partial charge on any atom is 0.265 e. The van der Waals surface area contributed by atoms with E-state index >= 15 is 0 Å². The Morgan fingerprint density at radius 1 is 1.26 bits per heavy atom. The first-order chi connectivity index (χ1) is 8.99. The zero-order valence-corrected chi connectivity index (χ0v) is 11.5. The van der Waals surface area contributed by atoms with Crippen molar-refractivity contribution in [1.82, 2.24) is 0 Å². The fourth-order valence-corrected chi connectivity index (χ4v) is 2.88. The summed E-state index contributed by atoms with van der Waals surface area (Å²) in [5, 5.41) is 3.30. The molecule has 1 saturated carbocycles. The zero-order valence-electron chi connectivity index (χ0n) is 11.5. The minimum absolute atomic E-state index is 0.00502. The molecule has 2 rings (SSSR count). The van der Waals surface area contributed by atoms with Crippen LogP contribution in [0.25, 0.3) is 0 Å². The monoisotopic (exact) mass is 268 g/mol. The number of hydrogen-bond donors (Lipinski definition) is 2. The number of halogens is 2. The van der Waals surface area contributed by atoms with Gasteiger partial charge in [-0.1, -0.05) is 26.7 Å². The number of nitrogen functional groups attached to an aromatic ring is 1. The Labute approximate surface area is 113 Å². The van der Waals surface area contributed by atoms with Gasteiger partial charge in [-0.25, -0.2) is 8.78 Å². The van der Waals surface area contributed by atoms with Crippen LogP contribution in [0.4, 0.5) is 20.2 Å². The highest BCUT2D eigenvalue weighted by Crippen LogP contribution is 2.35. The SMILES string of the molecule is CC1CCCC(Nc2ccc(N)cc2C(F)F)C1C. The van der Waals surface area contributed by atoms with Crippen molar-refractivity contribution >= 4 is 11.4 Å². The predicted octanol–water partition coefficient (Wildman–Crippen LogP) is 4.44. The van der Waals surface area contributed by atoms with E-state index in [2.05, 4.69) is 19.2 Å². The van der Waals surface area contributed by atoms with E-state index in [9.17, 15) is 8.78 Å². The second-order valence-electron chi connectivity index (χ2n) is 5.67. The lowest BCUT2D eigenvalue weighted by Crippen LogP contribution is -2.35. The maximum atomic E-state index is 13.0. The first-order valence-electron chi connectivity index (χ1n) is 6.93. The van der Waals surface area contributed by atoms with Crippen LogP contribution >= 0.6 is 0 Å². The summed E-state index contributed by atoms with van der Waals surface area (Å²) in [6.45, 7) is 4.43. The van der Waals surface area contributed by atoms with Crippen LogP contribution in [0.15, 0.2) is 18.2 Å². The second kappa shape index (κ2) is 5.76. The van der Waals surface area contributed by atoms with Crippen molar-refractivity contribution < 1.29 is 8.78 Å². The fourth-order valence-electron chi connectivity index (χ4n) is 2.88. The van der Waals surface area contributed by atoms with E-state index in [4.69, 9.17) is 5.73 Å². The lowest BCUT2D eigenvalue weighted by atomic mass is 9.78. The minimum atomic E-state index is -2.50. The van der Waals surface area contributed by atoms with Crippen molar-refractivity contribution in [2.45, 2.75) is 45.6 Å². The largest absolute Gasteiger partial charge is 0.399 e. The molecule has 0 aromatic heterocycles. The highest BCUT2D eigenvalue weighted by Gasteiger charge is 2.27. The van der Waals surface area contributed by atoms with E-state index in [0.717, 1.165) is 12.8 Å². The molecule has 3 unspecified atom stereocenters. The molecule has 1 fully saturated rings. The topological polar surface area (TPSA) is 38.0 Å². The van der Waals surface area contributed by atoms with E-state index in [1.54, 1.807) is 12.1 Å². The Bertz CT molecular complexity index is 434. The quantitative estimate of drug-likeness (QED) is 0.795. The van der Waals surface area contributed by atoms with Gasteiger partial charge in [0.2, 0.25) is 0 Å². The molecule has 1 aromatic carbocycles. The minimum Gasteiger partial charge on any atom is -0.399 e. The van der Waals surface area contributed by atoms with E-state index in [-0.39, 0.29) is 11.6 Å². The molecule has 1 aliphatic carbocycles. The first kappa shape index (κ1) is 14.1. The van der Waals surface area contributed by atoms with Gasteiger partial charge in [-0.05, 0) is 36.5 Å². The zero-order chi connectivity index (χ0) is 14.0. The Balaban J connectivity index is 2.18. The van der Waals surface area contributed by atoms with Crippen molar-refractivity contribution in [2.24, 2.45) is 11.8 Å². The standard InChI is InChI=1S/C15H22F2N2/c1-9-4-3-5-13(10(9)2)19-14-7-6-11(18)8-12(14)15(16)17/h6-10,13,15,19H,3-5,18H2,1-2H3. The molecule has 4 heteroatoms. The Morgan fingerprint density at radius 3 is 2.68 bits per heavy atom. The Morgan fingerprint density at radius 2 is 2.00 bits per heavy atom. The molecule has 0 heterocycles. The lowest BCUT2D eigenvalue weighted by Gasteiger charge is -2.35. The number of rotatable bonds is 3. The molecule has 19 heavy (non-hydrogen) atoms. The van der Waals surface area contributed by atoms with Crippen LogP contribution in [0.1, 0.15) is 45.1 Å². The molecule has 1 aromatic rings. The van der Waals surface area contributed by atoms with Gasteiger partial charge >= 0.3 is 0 Å². The van der Waals surface area contributed by atoms with Crippen molar-refractivity contribution in [1.29, 1.82) is 0 Å². The molecule has 0 radical (unpaired) electrons.